The van der Waals surface area contributed by atoms with E-state index in [4.69, 9.17) is 10.5 Å². The normalized spacial score (nSPS) is 11.6. The minimum absolute atomic E-state index is 0.0124. The van der Waals surface area contributed by atoms with Crippen LogP contribution in [-0.4, -0.2) is 24.1 Å². The molecule has 0 fully saturated rings. The van der Waals surface area contributed by atoms with Crippen molar-refractivity contribution in [1.82, 2.24) is 9.97 Å². The third-order valence-corrected chi connectivity index (χ3v) is 7.23. The highest BCUT2D eigenvalue weighted by atomic mass is 32.1. The van der Waals surface area contributed by atoms with Gasteiger partial charge >= 0.3 is 12.2 Å². The van der Waals surface area contributed by atoms with E-state index >= 15 is 4.39 Å². The van der Waals surface area contributed by atoms with E-state index in [1.54, 1.807) is 18.0 Å². The van der Waals surface area contributed by atoms with Crippen LogP contribution in [0.25, 0.3) is 32.1 Å². The molecule has 2 heterocycles. The smallest absolute Gasteiger partial charge is 0.417 e. The van der Waals surface area contributed by atoms with Crippen LogP contribution in [0.4, 0.5) is 32.8 Å². The lowest BCUT2D eigenvalue weighted by molar-refractivity contribution is -0.137. The Kier molecular flexibility index (Phi) is 6.47. The largest absolute Gasteiger partial charge is 0.467 e. The minimum Gasteiger partial charge on any atom is -0.467 e. The lowest BCUT2D eigenvalue weighted by atomic mass is 9.92. The number of methoxy groups -OCH3 is 1. The summed E-state index contributed by atoms with van der Waals surface area (Å²) < 4.78 is 79.5. The van der Waals surface area contributed by atoms with Crippen molar-refractivity contribution in [3.05, 3.63) is 76.9 Å². The average molecular weight is 556 g/mol. The van der Waals surface area contributed by atoms with Crippen LogP contribution >= 0.6 is 11.3 Å². The Balaban J connectivity index is 1.86. The zero-order valence-corrected chi connectivity index (χ0v) is 21.2. The molecule has 0 saturated heterocycles. The molecule has 0 aliphatic carbocycles. The van der Waals surface area contributed by atoms with Gasteiger partial charge in [0.25, 0.3) is 0 Å². The molecule has 0 unspecified atom stereocenters. The quantitative estimate of drug-likeness (QED) is 0.237. The Morgan fingerprint density at radius 2 is 1.82 bits per heavy atom. The third kappa shape index (κ3) is 4.44. The maximum absolute atomic E-state index is 16.3. The highest BCUT2D eigenvalue weighted by Crippen LogP contribution is 2.47. The number of hydrogen-bond donors (Lipinski definition) is 1. The first-order chi connectivity index (χ1) is 18.5. The van der Waals surface area contributed by atoms with E-state index in [1.807, 2.05) is 30.3 Å². The van der Waals surface area contributed by atoms with E-state index in [0.29, 0.717) is 11.3 Å². The number of ether oxygens (including phenoxy) is 1. The van der Waals surface area contributed by atoms with Crippen molar-refractivity contribution in [3.63, 3.8) is 0 Å². The summed E-state index contributed by atoms with van der Waals surface area (Å²) in [4.78, 5) is 9.82. The number of benzene rings is 3. The molecular weight excluding hydrogens is 537 g/mol. The number of hydrogen-bond acceptors (Lipinski definition) is 7. The van der Waals surface area contributed by atoms with Crippen LogP contribution < -0.4 is 15.4 Å². The predicted octanol–water partition coefficient (Wildman–Crippen LogP) is 6.91. The van der Waals surface area contributed by atoms with Crippen LogP contribution in [0.2, 0.25) is 0 Å². The molecule has 0 spiro atoms. The monoisotopic (exact) mass is 555 g/mol. The fourth-order valence-electron chi connectivity index (χ4n) is 4.50. The second kappa shape index (κ2) is 9.67. The summed E-state index contributed by atoms with van der Waals surface area (Å²) in [6, 6.07) is 13.3. The zero-order valence-electron chi connectivity index (χ0n) is 20.4. The first-order valence-electron chi connectivity index (χ1n) is 11.4. The molecule has 0 radical (unpaired) electrons. The number of nitrogen functional groups attached to an aromatic ring is 1. The van der Waals surface area contributed by atoms with Gasteiger partial charge in [0.1, 0.15) is 28.2 Å². The Morgan fingerprint density at radius 3 is 2.46 bits per heavy atom. The second-order valence-corrected chi connectivity index (χ2v) is 9.69. The van der Waals surface area contributed by atoms with Gasteiger partial charge in [0, 0.05) is 29.9 Å². The number of nitrogens with two attached hydrogens (primary N) is 1. The molecule has 5 aromatic rings. The first kappa shape index (κ1) is 26.1. The number of nitrogens with zero attached hydrogens (tertiary/aromatic N) is 4. The van der Waals surface area contributed by atoms with Crippen molar-refractivity contribution in [2.24, 2.45) is 0 Å². The van der Waals surface area contributed by atoms with Gasteiger partial charge in [-0.3, -0.25) is 0 Å². The zero-order chi connectivity index (χ0) is 28.1. The Bertz CT molecular complexity index is 1780. The van der Waals surface area contributed by atoms with Gasteiger partial charge in [-0.05, 0) is 23.3 Å². The molecular formula is C27H18F5N5OS. The first-order valence-corrected chi connectivity index (χ1v) is 12.2. The third-order valence-electron chi connectivity index (χ3n) is 6.20. The summed E-state index contributed by atoms with van der Waals surface area (Å²) in [7, 11) is 2.85. The summed E-state index contributed by atoms with van der Waals surface area (Å²) in [5.74, 6) is -2.11. The van der Waals surface area contributed by atoms with E-state index in [2.05, 4.69) is 9.97 Å². The van der Waals surface area contributed by atoms with Gasteiger partial charge in [-0.15, -0.1) is 11.3 Å². The summed E-state index contributed by atoms with van der Waals surface area (Å²) in [5.41, 5.74) is 3.48. The van der Waals surface area contributed by atoms with Gasteiger partial charge in [0.2, 0.25) is 0 Å². The summed E-state index contributed by atoms with van der Waals surface area (Å²) in [6.07, 6.45) is -5.03. The average Bonchev–Trinajstić information content (AvgIpc) is 3.25. The number of fused-ring (bicyclic) bond motifs is 2. The minimum atomic E-state index is -5.03. The number of halogens is 5. The Morgan fingerprint density at radius 1 is 1.10 bits per heavy atom. The molecule has 0 saturated carbocycles. The summed E-state index contributed by atoms with van der Waals surface area (Å²) >= 11 is 0.699. The van der Waals surface area contributed by atoms with Gasteiger partial charge in [0.05, 0.1) is 22.9 Å². The van der Waals surface area contributed by atoms with Gasteiger partial charge < -0.3 is 15.4 Å². The predicted molar refractivity (Wildman–Crippen MR) is 140 cm³/mol. The van der Waals surface area contributed by atoms with Crippen LogP contribution in [0.15, 0.2) is 48.5 Å². The molecule has 3 aromatic carbocycles. The van der Waals surface area contributed by atoms with E-state index in [9.17, 15) is 22.8 Å². The SMILES string of the molecule is COc1nc(N(C)Cc2ccccc2)c2cc(C(F)(F)F)c(-c3ccc(F)c4sc(N)c(C#N)c34)c(F)c2n1. The molecule has 2 N–H and O–H groups in total. The second-order valence-electron chi connectivity index (χ2n) is 8.63. The van der Waals surface area contributed by atoms with Crippen LogP contribution in [0.3, 0.4) is 0 Å². The van der Waals surface area contributed by atoms with Gasteiger partial charge in [0.15, 0.2) is 5.82 Å². The van der Waals surface area contributed by atoms with E-state index < -0.39 is 34.5 Å². The molecule has 0 aliphatic heterocycles. The highest BCUT2D eigenvalue weighted by Gasteiger charge is 2.38. The van der Waals surface area contributed by atoms with Gasteiger partial charge in [-0.2, -0.15) is 28.4 Å². The van der Waals surface area contributed by atoms with E-state index in [0.717, 1.165) is 23.8 Å². The van der Waals surface area contributed by atoms with Gasteiger partial charge in [-0.1, -0.05) is 36.4 Å². The van der Waals surface area contributed by atoms with Crippen molar-refractivity contribution in [3.8, 4) is 23.2 Å². The maximum Gasteiger partial charge on any atom is 0.417 e. The maximum atomic E-state index is 16.3. The molecule has 0 bridgehead atoms. The molecule has 198 valence electrons. The molecule has 39 heavy (non-hydrogen) atoms. The molecule has 0 amide bonds. The van der Waals surface area contributed by atoms with Crippen molar-refractivity contribution in [2.75, 3.05) is 24.8 Å². The van der Waals surface area contributed by atoms with Crippen molar-refractivity contribution in [1.29, 1.82) is 5.26 Å². The summed E-state index contributed by atoms with van der Waals surface area (Å²) in [5, 5.41) is 9.12. The van der Waals surface area contributed by atoms with Crippen molar-refractivity contribution < 1.29 is 26.7 Å². The van der Waals surface area contributed by atoms with Crippen LogP contribution in [0.5, 0.6) is 6.01 Å². The molecule has 5 rings (SSSR count). The standard InChI is InChI=1S/C27H18F5N5OS/c1-37(12-13-6-4-3-5-7-13)25-15-10-17(27(30,31)32)20(21(29)22(15)35-26(36-25)38-2)14-8-9-18(28)23-19(14)16(11-33)24(34)39-23/h3-10H,12,34H2,1-2H3. The fraction of sp³-hybridized carbons (Fsp3) is 0.148. The fourth-order valence-corrected chi connectivity index (χ4v) is 5.45. The highest BCUT2D eigenvalue weighted by molar-refractivity contribution is 7.23. The molecule has 12 heteroatoms. The van der Waals surface area contributed by atoms with Gasteiger partial charge in [-0.25, -0.2) is 8.78 Å². The number of nitriles is 1. The molecule has 6 nitrogen and oxygen atoms in total. The summed E-state index contributed by atoms with van der Waals surface area (Å²) in [6.45, 7) is 0.249. The van der Waals surface area contributed by atoms with Crippen LogP contribution in [0, 0.1) is 23.0 Å². The molecule has 0 atom stereocenters. The number of thiophene rings is 1. The topological polar surface area (TPSA) is 88.1 Å². The number of alkyl halides is 3. The van der Waals surface area contributed by atoms with E-state index in [-0.39, 0.29) is 50.0 Å². The number of rotatable bonds is 5. The molecule has 0 aliphatic rings. The van der Waals surface area contributed by atoms with Crippen LogP contribution in [0.1, 0.15) is 16.7 Å². The van der Waals surface area contributed by atoms with Crippen molar-refractivity contribution in [2.45, 2.75) is 12.7 Å². The van der Waals surface area contributed by atoms with Crippen molar-refractivity contribution >= 4 is 43.1 Å². The lowest BCUT2D eigenvalue weighted by Crippen LogP contribution is -2.19. The van der Waals surface area contributed by atoms with Crippen LogP contribution in [-0.2, 0) is 12.7 Å². The van der Waals surface area contributed by atoms with E-state index in [1.165, 1.54) is 7.11 Å². The lowest BCUT2D eigenvalue weighted by Gasteiger charge is -2.23. The Labute approximate surface area is 222 Å². The number of anilines is 2. The number of aromatic nitrogens is 2. The Hall–Kier alpha value is -4.50. The molecule has 2 aromatic heterocycles.